The van der Waals surface area contributed by atoms with Crippen LogP contribution in [-0.4, -0.2) is 37.0 Å². The number of aliphatic hydroxyl groups is 1. The van der Waals surface area contributed by atoms with Gasteiger partial charge >= 0.3 is 0 Å². The van der Waals surface area contributed by atoms with E-state index in [-0.39, 0.29) is 12.2 Å². The summed E-state index contributed by atoms with van der Waals surface area (Å²) in [5, 5.41) is 12.5. The molecule has 0 aromatic rings. The Hall–Kier alpha value is -0.120. The van der Waals surface area contributed by atoms with Gasteiger partial charge in [0.05, 0.1) is 5.60 Å². The fourth-order valence-corrected chi connectivity index (χ4v) is 2.44. The minimum absolute atomic E-state index is 0.0278. The zero-order valence-electron chi connectivity index (χ0n) is 7.38. The third-order valence-corrected chi connectivity index (χ3v) is 3.21. The number of ether oxygens (including phenoxy) is 1. The number of hydrogen-bond acceptors (Lipinski definition) is 3. The summed E-state index contributed by atoms with van der Waals surface area (Å²) in [6.45, 7) is 3.09. The summed E-state index contributed by atoms with van der Waals surface area (Å²) < 4.78 is 5.78. The first-order valence-corrected chi connectivity index (χ1v) is 4.83. The monoisotopic (exact) mass is 171 g/mol. The molecule has 2 heterocycles. The Bertz CT molecular complexity index is 155. The van der Waals surface area contributed by atoms with Crippen LogP contribution < -0.4 is 5.32 Å². The molecule has 0 aromatic carbocycles. The zero-order valence-corrected chi connectivity index (χ0v) is 7.38. The van der Waals surface area contributed by atoms with Gasteiger partial charge in [-0.15, -0.1) is 0 Å². The van der Waals surface area contributed by atoms with Crippen LogP contribution in [0.2, 0.25) is 0 Å². The Morgan fingerprint density at radius 3 is 3.08 bits per heavy atom. The lowest BCUT2D eigenvalue weighted by atomic mass is 9.80. The molecule has 0 bridgehead atoms. The summed E-state index contributed by atoms with van der Waals surface area (Å²) in [7, 11) is 0. The van der Waals surface area contributed by atoms with E-state index in [9.17, 15) is 5.11 Å². The van der Waals surface area contributed by atoms with E-state index in [4.69, 9.17) is 4.74 Å². The molecule has 2 N–H and O–H groups in total. The lowest BCUT2D eigenvalue weighted by Gasteiger charge is -2.40. The van der Waals surface area contributed by atoms with E-state index < -0.39 is 0 Å². The topological polar surface area (TPSA) is 41.5 Å². The Labute approximate surface area is 73.1 Å². The number of hydrogen-bond donors (Lipinski definition) is 2. The van der Waals surface area contributed by atoms with Gasteiger partial charge in [0.2, 0.25) is 0 Å². The van der Waals surface area contributed by atoms with Crippen LogP contribution in [0.1, 0.15) is 19.3 Å². The van der Waals surface area contributed by atoms with Crippen LogP contribution in [0.4, 0.5) is 0 Å². The molecule has 0 amide bonds. The summed E-state index contributed by atoms with van der Waals surface area (Å²) in [6.07, 6.45) is 3.37. The molecule has 2 atom stereocenters. The molecule has 0 saturated carbocycles. The molecule has 2 saturated heterocycles. The third-order valence-electron chi connectivity index (χ3n) is 3.21. The lowest BCUT2D eigenvalue weighted by Crippen LogP contribution is -2.51. The van der Waals surface area contributed by atoms with Gasteiger partial charge in [-0.2, -0.15) is 0 Å². The van der Waals surface area contributed by atoms with Gasteiger partial charge in [0.1, 0.15) is 0 Å². The van der Waals surface area contributed by atoms with Crippen molar-refractivity contribution in [3.63, 3.8) is 0 Å². The average molecular weight is 171 g/mol. The van der Waals surface area contributed by atoms with Gasteiger partial charge < -0.3 is 15.2 Å². The number of rotatable bonds is 1. The standard InChI is InChI=1S/C9H17NO2/c11-7-8-6-10-4-3-9(8)2-1-5-12-9/h8,10-11H,1-7H2. The molecule has 2 rings (SSSR count). The highest BCUT2D eigenvalue weighted by Gasteiger charge is 2.43. The predicted octanol–water partition coefficient (Wildman–Crippen LogP) is 0.137. The van der Waals surface area contributed by atoms with Crippen LogP contribution in [0.5, 0.6) is 0 Å². The molecule has 0 radical (unpaired) electrons. The Kier molecular flexibility index (Phi) is 2.35. The molecule has 2 aliphatic heterocycles. The maximum absolute atomic E-state index is 9.20. The van der Waals surface area contributed by atoms with Crippen LogP contribution in [0.25, 0.3) is 0 Å². The second-order valence-electron chi connectivity index (χ2n) is 3.85. The second kappa shape index (κ2) is 3.32. The van der Waals surface area contributed by atoms with Crippen molar-refractivity contribution in [2.45, 2.75) is 24.9 Å². The fraction of sp³-hybridized carbons (Fsp3) is 1.00. The molecule has 1 spiro atoms. The lowest BCUT2D eigenvalue weighted by molar-refractivity contribution is -0.0770. The summed E-state index contributed by atoms with van der Waals surface area (Å²) >= 11 is 0. The molecule has 3 nitrogen and oxygen atoms in total. The van der Waals surface area contributed by atoms with Gasteiger partial charge in [-0.25, -0.2) is 0 Å². The smallest absolute Gasteiger partial charge is 0.0757 e. The van der Waals surface area contributed by atoms with Gasteiger partial charge in [0.25, 0.3) is 0 Å². The normalized spacial score (nSPS) is 42.2. The van der Waals surface area contributed by atoms with Crippen molar-refractivity contribution in [3.8, 4) is 0 Å². The van der Waals surface area contributed by atoms with Crippen molar-refractivity contribution >= 4 is 0 Å². The van der Waals surface area contributed by atoms with Crippen LogP contribution in [0.3, 0.4) is 0 Å². The minimum Gasteiger partial charge on any atom is -0.396 e. The van der Waals surface area contributed by atoms with Crippen LogP contribution in [0.15, 0.2) is 0 Å². The third kappa shape index (κ3) is 1.26. The van der Waals surface area contributed by atoms with Gasteiger partial charge in [-0.3, -0.25) is 0 Å². The predicted molar refractivity (Wildman–Crippen MR) is 46.0 cm³/mol. The first kappa shape index (κ1) is 8.48. The Morgan fingerprint density at radius 1 is 1.50 bits per heavy atom. The molecule has 0 aliphatic carbocycles. The van der Waals surface area contributed by atoms with E-state index >= 15 is 0 Å². The van der Waals surface area contributed by atoms with Gasteiger partial charge in [0.15, 0.2) is 0 Å². The molecular formula is C9H17NO2. The van der Waals surface area contributed by atoms with Crippen molar-refractivity contribution in [2.24, 2.45) is 5.92 Å². The van der Waals surface area contributed by atoms with E-state index in [1.165, 1.54) is 0 Å². The quantitative estimate of drug-likeness (QED) is 0.589. The van der Waals surface area contributed by atoms with E-state index in [0.717, 1.165) is 39.0 Å². The number of piperidine rings is 1. The highest BCUT2D eigenvalue weighted by atomic mass is 16.5. The zero-order chi connectivity index (χ0) is 8.44. The highest BCUT2D eigenvalue weighted by molar-refractivity contribution is 4.95. The first-order chi connectivity index (χ1) is 5.87. The van der Waals surface area contributed by atoms with Crippen molar-refractivity contribution in [3.05, 3.63) is 0 Å². The van der Waals surface area contributed by atoms with Crippen molar-refractivity contribution in [1.82, 2.24) is 5.32 Å². The van der Waals surface area contributed by atoms with Gasteiger partial charge in [0, 0.05) is 25.7 Å². The largest absolute Gasteiger partial charge is 0.396 e. The Morgan fingerprint density at radius 2 is 2.42 bits per heavy atom. The molecule has 12 heavy (non-hydrogen) atoms. The molecule has 2 aliphatic rings. The van der Waals surface area contributed by atoms with E-state index in [1.807, 2.05) is 0 Å². The molecule has 2 unspecified atom stereocenters. The molecule has 70 valence electrons. The van der Waals surface area contributed by atoms with Gasteiger partial charge in [-0.1, -0.05) is 0 Å². The fourth-order valence-electron chi connectivity index (χ4n) is 2.44. The number of aliphatic hydroxyl groups excluding tert-OH is 1. The van der Waals surface area contributed by atoms with Crippen LogP contribution >= 0.6 is 0 Å². The minimum atomic E-state index is 0.0278. The molecule has 3 heteroatoms. The van der Waals surface area contributed by atoms with Gasteiger partial charge in [-0.05, 0) is 25.8 Å². The average Bonchev–Trinajstić information content (AvgIpc) is 2.55. The van der Waals surface area contributed by atoms with Crippen molar-refractivity contribution in [1.29, 1.82) is 0 Å². The Balaban J connectivity index is 2.07. The molecule has 2 fully saturated rings. The first-order valence-electron chi connectivity index (χ1n) is 4.83. The molecular weight excluding hydrogens is 154 g/mol. The van der Waals surface area contributed by atoms with E-state index in [0.29, 0.717) is 5.92 Å². The highest BCUT2D eigenvalue weighted by Crippen LogP contribution is 2.37. The number of nitrogens with one attached hydrogen (secondary N) is 1. The summed E-state index contributed by atoms with van der Waals surface area (Å²) in [5.41, 5.74) is 0.0278. The van der Waals surface area contributed by atoms with E-state index in [2.05, 4.69) is 5.32 Å². The SMILES string of the molecule is OCC1CNCCC12CCCO2. The molecule has 0 aromatic heterocycles. The van der Waals surface area contributed by atoms with Crippen molar-refractivity contribution < 1.29 is 9.84 Å². The van der Waals surface area contributed by atoms with Crippen molar-refractivity contribution in [2.75, 3.05) is 26.3 Å². The summed E-state index contributed by atoms with van der Waals surface area (Å²) in [6, 6.07) is 0. The maximum atomic E-state index is 9.20. The second-order valence-corrected chi connectivity index (χ2v) is 3.85. The van der Waals surface area contributed by atoms with Crippen LogP contribution in [0, 0.1) is 5.92 Å². The van der Waals surface area contributed by atoms with E-state index in [1.54, 1.807) is 0 Å². The summed E-state index contributed by atoms with van der Waals surface area (Å²) in [4.78, 5) is 0. The summed E-state index contributed by atoms with van der Waals surface area (Å²) in [5.74, 6) is 0.314. The maximum Gasteiger partial charge on any atom is 0.0757 e. The van der Waals surface area contributed by atoms with Crippen LogP contribution in [-0.2, 0) is 4.74 Å².